The topological polar surface area (TPSA) is 57.6 Å². The molecule has 6 heteroatoms. The molecule has 1 aliphatic heterocycles. The van der Waals surface area contributed by atoms with Gasteiger partial charge < -0.3 is 10.0 Å². The van der Waals surface area contributed by atoms with E-state index in [-0.39, 0.29) is 30.2 Å². The minimum absolute atomic E-state index is 0.107. The summed E-state index contributed by atoms with van der Waals surface area (Å²) in [6, 6.07) is 13.9. The smallest absolute Gasteiger partial charge is 0.308 e. The predicted molar refractivity (Wildman–Crippen MR) is 99.1 cm³/mol. The Balaban J connectivity index is 1.51. The normalized spacial score (nSPS) is 26.8. The van der Waals surface area contributed by atoms with Crippen LogP contribution in [0.2, 0.25) is 5.02 Å². The summed E-state index contributed by atoms with van der Waals surface area (Å²) in [5.74, 6) is -2.83. The van der Waals surface area contributed by atoms with Crippen molar-refractivity contribution in [3.05, 3.63) is 70.5 Å². The molecule has 1 saturated heterocycles. The molecule has 1 N–H and O–H groups in total. The van der Waals surface area contributed by atoms with Crippen molar-refractivity contribution in [2.24, 2.45) is 11.8 Å². The highest BCUT2D eigenvalue weighted by Crippen LogP contribution is 2.52. The third-order valence-corrected chi connectivity index (χ3v) is 5.98. The van der Waals surface area contributed by atoms with Crippen molar-refractivity contribution in [2.45, 2.75) is 18.3 Å². The number of benzene rings is 2. The van der Waals surface area contributed by atoms with Gasteiger partial charge in [-0.1, -0.05) is 48.0 Å². The predicted octanol–water partition coefficient (Wildman–Crippen LogP) is 3.91. The lowest BCUT2D eigenvalue weighted by Crippen LogP contribution is -2.31. The maximum Gasteiger partial charge on any atom is 0.308 e. The first-order valence-corrected chi connectivity index (χ1v) is 9.35. The van der Waals surface area contributed by atoms with E-state index in [0.29, 0.717) is 23.6 Å². The fourth-order valence-corrected chi connectivity index (χ4v) is 4.46. The Morgan fingerprint density at radius 3 is 2.41 bits per heavy atom. The third-order valence-electron chi connectivity index (χ3n) is 5.65. The van der Waals surface area contributed by atoms with Gasteiger partial charge >= 0.3 is 5.97 Å². The van der Waals surface area contributed by atoms with Crippen LogP contribution in [0.5, 0.6) is 0 Å². The molecule has 2 aromatic carbocycles. The fraction of sp³-hybridized carbons (Fsp3) is 0.333. The van der Waals surface area contributed by atoms with E-state index in [1.54, 1.807) is 17.0 Å². The molecule has 0 bridgehead atoms. The van der Waals surface area contributed by atoms with E-state index in [0.717, 1.165) is 5.56 Å². The molecule has 1 aliphatic carbocycles. The maximum atomic E-state index is 14.1. The highest BCUT2D eigenvalue weighted by atomic mass is 35.5. The van der Waals surface area contributed by atoms with E-state index in [4.69, 9.17) is 11.6 Å². The molecule has 27 heavy (non-hydrogen) atoms. The number of amides is 1. The van der Waals surface area contributed by atoms with Crippen molar-refractivity contribution in [1.29, 1.82) is 0 Å². The largest absolute Gasteiger partial charge is 0.481 e. The number of carbonyl (C=O) groups excluding carboxylic acids is 1. The number of likely N-dealkylation sites (tertiary alicyclic amines) is 1. The van der Waals surface area contributed by atoms with Crippen LogP contribution in [-0.4, -0.2) is 35.0 Å². The molecule has 1 heterocycles. The van der Waals surface area contributed by atoms with Gasteiger partial charge in [0.2, 0.25) is 5.91 Å². The molecule has 1 saturated carbocycles. The molecular weight excluding hydrogens is 369 g/mol. The van der Waals surface area contributed by atoms with Crippen LogP contribution in [0, 0.1) is 17.7 Å². The molecule has 2 aromatic rings. The fourth-order valence-electron chi connectivity index (χ4n) is 4.16. The summed E-state index contributed by atoms with van der Waals surface area (Å²) in [6.07, 6.45) is 0.545. The first kappa shape index (κ1) is 18.0. The van der Waals surface area contributed by atoms with Crippen molar-refractivity contribution in [1.82, 2.24) is 4.90 Å². The first-order chi connectivity index (χ1) is 13.0. The molecule has 2 aliphatic rings. The molecule has 4 rings (SSSR count). The number of halogens is 2. The van der Waals surface area contributed by atoms with Crippen LogP contribution >= 0.6 is 11.6 Å². The van der Waals surface area contributed by atoms with Crippen LogP contribution in [0.25, 0.3) is 0 Å². The van der Waals surface area contributed by atoms with E-state index < -0.39 is 17.7 Å². The Bertz CT molecular complexity index is 868. The molecule has 0 spiro atoms. The Morgan fingerprint density at radius 1 is 1.00 bits per heavy atom. The summed E-state index contributed by atoms with van der Waals surface area (Å²) in [7, 11) is 0. The van der Waals surface area contributed by atoms with Gasteiger partial charge in [0, 0.05) is 41.4 Å². The minimum Gasteiger partial charge on any atom is -0.481 e. The second kappa shape index (κ2) is 6.97. The van der Waals surface area contributed by atoms with Crippen LogP contribution in [0.4, 0.5) is 4.39 Å². The second-order valence-corrected chi connectivity index (χ2v) is 7.70. The standard InChI is InChI=1S/C21H19ClFNO3/c22-17-7-4-8-18(23)19(17)13-9-14(13)20(25)24-10-15(16(11-24)21(26)27)12-5-2-1-3-6-12/h1-8,13-16H,9-11H2,(H,26,27)/t13?,14?,15-,16-/m1/s1. The lowest BCUT2D eigenvalue weighted by Gasteiger charge is -2.17. The lowest BCUT2D eigenvalue weighted by atomic mass is 9.89. The van der Waals surface area contributed by atoms with Gasteiger partial charge in [-0.25, -0.2) is 4.39 Å². The van der Waals surface area contributed by atoms with Gasteiger partial charge in [0.05, 0.1) is 5.92 Å². The van der Waals surface area contributed by atoms with Gasteiger partial charge in [-0.2, -0.15) is 0 Å². The second-order valence-electron chi connectivity index (χ2n) is 7.29. The highest BCUT2D eigenvalue weighted by molar-refractivity contribution is 6.31. The summed E-state index contributed by atoms with van der Waals surface area (Å²) >= 11 is 6.12. The SMILES string of the molecule is O=C(O)[C@@H]1CN(C(=O)C2CC2c2c(F)cccc2Cl)C[C@@H]1c1ccccc1. The average molecular weight is 388 g/mol. The lowest BCUT2D eigenvalue weighted by molar-refractivity contribution is -0.142. The molecule has 4 atom stereocenters. The van der Waals surface area contributed by atoms with Crippen LogP contribution in [0.15, 0.2) is 48.5 Å². The van der Waals surface area contributed by atoms with E-state index in [2.05, 4.69) is 0 Å². The van der Waals surface area contributed by atoms with Crippen LogP contribution in [-0.2, 0) is 9.59 Å². The molecule has 0 aromatic heterocycles. The molecule has 2 fully saturated rings. The Morgan fingerprint density at radius 2 is 1.74 bits per heavy atom. The van der Waals surface area contributed by atoms with Crippen molar-refractivity contribution >= 4 is 23.5 Å². The van der Waals surface area contributed by atoms with Gasteiger partial charge in [-0.05, 0) is 24.1 Å². The van der Waals surface area contributed by atoms with E-state index in [1.165, 1.54) is 6.07 Å². The van der Waals surface area contributed by atoms with Crippen LogP contribution in [0.3, 0.4) is 0 Å². The number of nitrogens with zero attached hydrogens (tertiary/aromatic N) is 1. The van der Waals surface area contributed by atoms with Crippen molar-refractivity contribution in [2.75, 3.05) is 13.1 Å². The Labute approximate surface area is 161 Å². The zero-order chi connectivity index (χ0) is 19.1. The molecule has 4 nitrogen and oxygen atoms in total. The summed E-state index contributed by atoms with van der Waals surface area (Å²) in [6.45, 7) is 0.552. The number of rotatable bonds is 4. The molecule has 2 unspecified atom stereocenters. The van der Waals surface area contributed by atoms with Crippen molar-refractivity contribution in [3.8, 4) is 0 Å². The summed E-state index contributed by atoms with van der Waals surface area (Å²) in [4.78, 5) is 26.3. The molecule has 0 radical (unpaired) electrons. The summed E-state index contributed by atoms with van der Waals surface area (Å²) in [5, 5.41) is 9.93. The van der Waals surface area contributed by atoms with Gasteiger partial charge in [0.15, 0.2) is 0 Å². The van der Waals surface area contributed by atoms with Crippen LogP contribution < -0.4 is 0 Å². The molecular formula is C21H19ClFNO3. The quantitative estimate of drug-likeness (QED) is 0.865. The van der Waals surface area contributed by atoms with Gasteiger partial charge in [-0.3, -0.25) is 9.59 Å². The molecule has 140 valence electrons. The highest BCUT2D eigenvalue weighted by Gasteiger charge is 2.50. The zero-order valence-corrected chi connectivity index (χ0v) is 15.3. The summed E-state index contributed by atoms with van der Waals surface area (Å²) < 4.78 is 14.1. The number of aliphatic carboxylic acids is 1. The monoisotopic (exact) mass is 387 g/mol. The first-order valence-electron chi connectivity index (χ1n) is 8.97. The van der Waals surface area contributed by atoms with E-state index in [1.807, 2.05) is 30.3 Å². The molecule has 1 amide bonds. The van der Waals surface area contributed by atoms with Crippen LogP contribution in [0.1, 0.15) is 29.4 Å². The maximum absolute atomic E-state index is 14.1. The van der Waals surface area contributed by atoms with Gasteiger partial charge in [-0.15, -0.1) is 0 Å². The number of hydrogen-bond acceptors (Lipinski definition) is 2. The minimum atomic E-state index is -0.899. The average Bonchev–Trinajstić information content (AvgIpc) is 3.29. The van der Waals surface area contributed by atoms with Crippen molar-refractivity contribution < 1.29 is 19.1 Å². The summed E-state index contributed by atoms with van der Waals surface area (Å²) in [5.41, 5.74) is 1.32. The van der Waals surface area contributed by atoms with Gasteiger partial charge in [0.1, 0.15) is 5.82 Å². The van der Waals surface area contributed by atoms with E-state index >= 15 is 0 Å². The number of carboxylic acid groups (broad SMARTS) is 1. The van der Waals surface area contributed by atoms with Gasteiger partial charge in [0.25, 0.3) is 0 Å². The number of hydrogen-bond donors (Lipinski definition) is 1. The Hall–Kier alpha value is -2.40. The van der Waals surface area contributed by atoms with E-state index in [9.17, 15) is 19.1 Å². The van der Waals surface area contributed by atoms with Crippen molar-refractivity contribution in [3.63, 3.8) is 0 Å². The number of carboxylic acids is 1. The third kappa shape index (κ3) is 3.32. The zero-order valence-electron chi connectivity index (χ0n) is 14.5. The Kier molecular flexibility index (Phi) is 4.64. The number of carbonyl (C=O) groups is 2.